The van der Waals surface area contributed by atoms with Gasteiger partial charge in [-0.3, -0.25) is 4.57 Å². The number of fused-ring (bicyclic) bond motifs is 1. The lowest BCUT2D eigenvalue weighted by molar-refractivity contribution is -0.389. The SMILES string of the molecule is CC(C)(C)c1ccc(CO[C@H]2COc3nc([N+](=O)[O-])cn3C2)cc1. The fraction of sp³-hybridized carbons (Fsp3) is 0.471. The summed E-state index contributed by atoms with van der Waals surface area (Å²) in [6, 6.07) is 8.65. The lowest BCUT2D eigenvalue weighted by atomic mass is 9.87. The molecular weight excluding hydrogens is 310 g/mol. The highest BCUT2D eigenvalue weighted by molar-refractivity contribution is 5.27. The fourth-order valence-electron chi connectivity index (χ4n) is 2.58. The van der Waals surface area contributed by atoms with Crippen molar-refractivity contribution < 1.29 is 14.4 Å². The Morgan fingerprint density at radius 3 is 2.71 bits per heavy atom. The predicted molar refractivity (Wildman–Crippen MR) is 88.1 cm³/mol. The first kappa shape index (κ1) is 16.4. The van der Waals surface area contributed by atoms with Crippen LogP contribution < -0.4 is 4.74 Å². The van der Waals surface area contributed by atoms with Crippen LogP contribution in [0.3, 0.4) is 0 Å². The zero-order valence-electron chi connectivity index (χ0n) is 14.1. The number of hydrogen-bond donors (Lipinski definition) is 0. The number of rotatable bonds is 4. The van der Waals surface area contributed by atoms with Gasteiger partial charge in [0.25, 0.3) is 0 Å². The van der Waals surface area contributed by atoms with E-state index < -0.39 is 4.92 Å². The molecule has 1 aliphatic rings. The molecule has 0 bridgehead atoms. The molecule has 24 heavy (non-hydrogen) atoms. The zero-order chi connectivity index (χ0) is 17.3. The Kier molecular flexibility index (Phi) is 4.28. The van der Waals surface area contributed by atoms with E-state index in [-0.39, 0.29) is 23.3 Å². The summed E-state index contributed by atoms with van der Waals surface area (Å²) in [6.45, 7) is 7.86. The summed E-state index contributed by atoms with van der Waals surface area (Å²) in [5.74, 6) is -0.205. The van der Waals surface area contributed by atoms with Crippen molar-refractivity contribution in [2.24, 2.45) is 0 Å². The Bertz CT molecular complexity index is 731. The lowest BCUT2D eigenvalue weighted by Gasteiger charge is -2.23. The summed E-state index contributed by atoms with van der Waals surface area (Å²) in [5, 5.41) is 10.8. The third kappa shape index (κ3) is 3.56. The van der Waals surface area contributed by atoms with Crippen LogP contribution in [0.4, 0.5) is 5.82 Å². The molecule has 0 fully saturated rings. The van der Waals surface area contributed by atoms with Crippen molar-refractivity contribution in [3.05, 3.63) is 51.7 Å². The van der Waals surface area contributed by atoms with Gasteiger partial charge in [-0.1, -0.05) is 45.0 Å². The van der Waals surface area contributed by atoms with Gasteiger partial charge in [0.1, 0.15) is 18.9 Å². The van der Waals surface area contributed by atoms with Gasteiger partial charge in [-0.05, 0) is 21.5 Å². The topological polar surface area (TPSA) is 79.4 Å². The summed E-state index contributed by atoms with van der Waals surface area (Å²) >= 11 is 0. The molecule has 128 valence electrons. The predicted octanol–water partition coefficient (Wildman–Crippen LogP) is 3.07. The van der Waals surface area contributed by atoms with Crippen LogP contribution in [0.1, 0.15) is 31.9 Å². The molecule has 2 aromatic rings. The number of aromatic nitrogens is 2. The Labute approximate surface area is 140 Å². The van der Waals surface area contributed by atoms with Gasteiger partial charge < -0.3 is 19.6 Å². The van der Waals surface area contributed by atoms with Gasteiger partial charge in [-0.15, -0.1) is 0 Å². The van der Waals surface area contributed by atoms with Crippen molar-refractivity contribution in [3.63, 3.8) is 0 Å². The molecule has 2 heterocycles. The highest BCUT2D eigenvalue weighted by Gasteiger charge is 2.28. The Morgan fingerprint density at radius 2 is 2.08 bits per heavy atom. The normalized spacial score (nSPS) is 17.2. The molecule has 3 rings (SSSR count). The molecule has 1 aliphatic heterocycles. The Morgan fingerprint density at radius 1 is 1.38 bits per heavy atom. The standard InChI is InChI=1S/C17H21N3O4/c1-17(2,3)13-6-4-12(5-7-13)10-23-14-8-19-9-15(20(21)22)18-16(19)24-11-14/h4-7,9,14H,8,10-11H2,1-3H3/t14-/m1/s1. The number of benzene rings is 1. The molecule has 0 N–H and O–H groups in total. The average molecular weight is 331 g/mol. The molecule has 1 aromatic carbocycles. The molecule has 7 heteroatoms. The first-order chi connectivity index (χ1) is 11.3. The van der Waals surface area contributed by atoms with Gasteiger partial charge in [-0.25, -0.2) is 0 Å². The third-order valence-corrected chi connectivity index (χ3v) is 4.02. The van der Waals surface area contributed by atoms with Crippen LogP contribution in [0, 0.1) is 10.1 Å². The van der Waals surface area contributed by atoms with Crippen molar-refractivity contribution in [3.8, 4) is 6.01 Å². The van der Waals surface area contributed by atoms with Crippen LogP contribution >= 0.6 is 0 Å². The van der Waals surface area contributed by atoms with E-state index in [1.54, 1.807) is 4.57 Å². The highest BCUT2D eigenvalue weighted by atomic mass is 16.6. The zero-order valence-corrected chi connectivity index (χ0v) is 14.1. The van der Waals surface area contributed by atoms with Crippen LogP contribution in [0.25, 0.3) is 0 Å². The smallest absolute Gasteiger partial charge is 0.414 e. The maximum absolute atomic E-state index is 10.8. The van der Waals surface area contributed by atoms with E-state index in [2.05, 4.69) is 50.0 Å². The molecule has 0 spiro atoms. The summed E-state index contributed by atoms with van der Waals surface area (Å²) in [6.07, 6.45) is 1.22. The minimum absolute atomic E-state index is 0.128. The molecule has 7 nitrogen and oxygen atoms in total. The second-order valence-electron chi connectivity index (χ2n) is 6.98. The van der Waals surface area contributed by atoms with Crippen molar-refractivity contribution >= 4 is 5.82 Å². The number of imidazole rings is 1. The van der Waals surface area contributed by atoms with Crippen LogP contribution in [-0.4, -0.2) is 27.2 Å². The van der Waals surface area contributed by atoms with Gasteiger partial charge >= 0.3 is 11.8 Å². The van der Waals surface area contributed by atoms with E-state index in [9.17, 15) is 10.1 Å². The molecular formula is C17H21N3O4. The van der Waals surface area contributed by atoms with Gasteiger partial charge in [0.15, 0.2) is 0 Å². The first-order valence-electron chi connectivity index (χ1n) is 7.88. The van der Waals surface area contributed by atoms with Crippen LogP contribution in [-0.2, 0) is 23.3 Å². The molecule has 0 radical (unpaired) electrons. The van der Waals surface area contributed by atoms with Crippen molar-refractivity contribution in [2.75, 3.05) is 6.61 Å². The summed E-state index contributed by atoms with van der Waals surface area (Å²) in [4.78, 5) is 14.0. The molecule has 1 atom stereocenters. The number of ether oxygens (including phenoxy) is 2. The molecule has 0 aliphatic carbocycles. The van der Waals surface area contributed by atoms with Crippen molar-refractivity contribution in [2.45, 2.75) is 45.4 Å². The van der Waals surface area contributed by atoms with E-state index in [4.69, 9.17) is 9.47 Å². The fourth-order valence-corrected chi connectivity index (χ4v) is 2.58. The largest absolute Gasteiger partial charge is 0.443 e. The first-order valence-corrected chi connectivity index (χ1v) is 7.88. The van der Waals surface area contributed by atoms with Gasteiger partial charge in [0.2, 0.25) is 0 Å². The Hall–Kier alpha value is -2.41. The molecule has 0 saturated heterocycles. The molecule has 1 aromatic heterocycles. The van der Waals surface area contributed by atoms with Crippen LogP contribution in [0.2, 0.25) is 0 Å². The van der Waals surface area contributed by atoms with Gasteiger partial charge in [0, 0.05) is 4.98 Å². The molecule has 0 unspecified atom stereocenters. The second-order valence-corrected chi connectivity index (χ2v) is 6.98. The van der Waals surface area contributed by atoms with Crippen molar-refractivity contribution in [1.82, 2.24) is 9.55 Å². The van der Waals surface area contributed by atoms with E-state index >= 15 is 0 Å². The minimum Gasteiger partial charge on any atom is -0.443 e. The van der Waals surface area contributed by atoms with E-state index in [1.165, 1.54) is 11.8 Å². The van der Waals surface area contributed by atoms with E-state index in [0.29, 0.717) is 19.8 Å². The lowest BCUT2D eigenvalue weighted by Crippen LogP contribution is -2.32. The maximum atomic E-state index is 10.8. The summed E-state index contributed by atoms with van der Waals surface area (Å²) in [7, 11) is 0. The van der Waals surface area contributed by atoms with Gasteiger partial charge in [0.05, 0.1) is 13.2 Å². The highest BCUT2D eigenvalue weighted by Crippen LogP contribution is 2.24. The quantitative estimate of drug-likeness (QED) is 0.635. The van der Waals surface area contributed by atoms with Crippen LogP contribution in [0.15, 0.2) is 30.5 Å². The second kappa shape index (κ2) is 6.24. The van der Waals surface area contributed by atoms with E-state index in [1.807, 2.05) is 0 Å². The maximum Gasteiger partial charge on any atom is 0.414 e. The van der Waals surface area contributed by atoms with E-state index in [0.717, 1.165) is 5.56 Å². The average Bonchev–Trinajstić information content (AvgIpc) is 2.96. The molecule has 0 saturated carbocycles. The van der Waals surface area contributed by atoms with Crippen molar-refractivity contribution in [1.29, 1.82) is 0 Å². The monoisotopic (exact) mass is 331 g/mol. The number of nitro groups is 1. The number of hydrogen-bond acceptors (Lipinski definition) is 5. The summed E-state index contributed by atoms with van der Waals surface area (Å²) in [5.41, 5.74) is 2.50. The number of nitrogens with zero attached hydrogens (tertiary/aromatic N) is 3. The molecule has 0 amide bonds. The minimum atomic E-state index is -0.526. The third-order valence-electron chi connectivity index (χ3n) is 4.02. The summed E-state index contributed by atoms with van der Waals surface area (Å²) < 4.78 is 12.9. The van der Waals surface area contributed by atoms with Crippen LogP contribution in [0.5, 0.6) is 6.01 Å². The van der Waals surface area contributed by atoms with Gasteiger partial charge in [-0.2, -0.15) is 0 Å². The Balaban J connectivity index is 1.58.